The number of carbonyl (C=O) groups excluding carboxylic acids is 1. The number of aromatic nitrogens is 1. The number of rotatable bonds is 7. The van der Waals surface area contributed by atoms with Crippen molar-refractivity contribution in [3.05, 3.63) is 95.1 Å². The van der Waals surface area contributed by atoms with Crippen LogP contribution in [0.1, 0.15) is 29.5 Å². The number of sulfonamides is 1. The minimum atomic E-state index is -3.99. The first-order valence-corrected chi connectivity index (χ1v) is 14.0. The first-order chi connectivity index (χ1) is 18.8. The molecule has 1 atom stereocenters. The van der Waals surface area contributed by atoms with Gasteiger partial charge in [0.25, 0.3) is 10.0 Å². The van der Waals surface area contributed by atoms with Gasteiger partial charge in [0.15, 0.2) is 11.5 Å². The summed E-state index contributed by atoms with van der Waals surface area (Å²) in [5.41, 5.74) is 3.44. The van der Waals surface area contributed by atoms with E-state index in [1.807, 2.05) is 43.3 Å². The van der Waals surface area contributed by atoms with Gasteiger partial charge in [-0.05, 0) is 49.7 Å². The fraction of sp³-hybridized carbons (Fsp3) is 0.233. The van der Waals surface area contributed by atoms with E-state index in [0.717, 1.165) is 22.0 Å². The Labute approximate surface area is 227 Å². The van der Waals surface area contributed by atoms with Gasteiger partial charge in [-0.2, -0.15) is 0 Å². The molecule has 0 radical (unpaired) electrons. The van der Waals surface area contributed by atoms with Crippen molar-refractivity contribution in [1.29, 1.82) is 0 Å². The highest BCUT2D eigenvalue weighted by molar-refractivity contribution is 7.92. The third-order valence-electron chi connectivity index (χ3n) is 6.91. The molecule has 4 aromatic rings. The van der Waals surface area contributed by atoms with Gasteiger partial charge in [0, 0.05) is 28.0 Å². The van der Waals surface area contributed by atoms with E-state index >= 15 is 0 Å². The molecule has 1 aromatic heterocycles. The van der Waals surface area contributed by atoms with Crippen molar-refractivity contribution in [3.63, 3.8) is 0 Å². The first kappa shape index (κ1) is 26.4. The molecule has 3 aromatic carbocycles. The summed E-state index contributed by atoms with van der Waals surface area (Å²) in [5.74, 6) is 0.274. The Morgan fingerprint density at radius 1 is 1.00 bits per heavy atom. The molecule has 0 amide bonds. The number of anilines is 1. The van der Waals surface area contributed by atoms with Gasteiger partial charge in [-0.1, -0.05) is 48.0 Å². The second-order valence-corrected chi connectivity index (χ2v) is 11.1. The number of esters is 1. The van der Waals surface area contributed by atoms with E-state index in [1.165, 1.54) is 4.31 Å². The lowest BCUT2D eigenvalue weighted by Gasteiger charge is -2.24. The highest BCUT2D eigenvalue weighted by atomic mass is 32.2. The van der Waals surface area contributed by atoms with Crippen LogP contribution >= 0.6 is 0 Å². The van der Waals surface area contributed by atoms with Gasteiger partial charge >= 0.3 is 5.97 Å². The number of H-pyrrole nitrogens is 1. The number of nitrogens with one attached hydrogen (secondary N) is 1. The fourth-order valence-electron chi connectivity index (χ4n) is 5.03. The highest BCUT2D eigenvalue weighted by Crippen LogP contribution is 2.47. The van der Waals surface area contributed by atoms with Crippen molar-refractivity contribution >= 4 is 32.7 Å². The maximum Gasteiger partial charge on any atom is 0.334 e. The number of aryl methyl sites for hydroxylation is 1. The number of methoxy groups -OCH3 is 2. The van der Waals surface area contributed by atoms with E-state index in [9.17, 15) is 13.2 Å². The van der Waals surface area contributed by atoms with E-state index in [-0.39, 0.29) is 18.0 Å². The summed E-state index contributed by atoms with van der Waals surface area (Å²) in [4.78, 5) is 16.9. The second kappa shape index (κ2) is 10.5. The lowest BCUT2D eigenvalue weighted by Crippen LogP contribution is -2.31. The zero-order valence-electron chi connectivity index (χ0n) is 22.2. The molecule has 0 aliphatic carbocycles. The quantitative estimate of drug-likeness (QED) is 0.315. The van der Waals surface area contributed by atoms with Crippen molar-refractivity contribution in [2.24, 2.45) is 0 Å². The summed E-state index contributed by atoms with van der Waals surface area (Å²) in [5, 5.41) is 0.800. The average molecular weight is 547 g/mol. The predicted molar refractivity (Wildman–Crippen MR) is 150 cm³/mol. The normalized spacial score (nSPS) is 15.3. The topological polar surface area (TPSA) is 97.9 Å². The second-order valence-electron chi connectivity index (χ2n) is 9.21. The SMILES string of the molecule is CCOC(=O)C1=CCN(S(=O)(=O)c2ccc(C)cc2)c2[nH]c3ccccc3c2C1c1ccc(OC)c(OC)c1. The number of ether oxygens (including phenoxy) is 3. The maximum absolute atomic E-state index is 14.0. The number of hydrogen-bond donors (Lipinski definition) is 1. The highest BCUT2D eigenvalue weighted by Gasteiger charge is 2.38. The van der Waals surface area contributed by atoms with Crippen LogP contribution in [0.25, 0.3) is 10.9 Å². The fourth-order valence-corrected chi connectivity index (χ4v) is 6.42. The molecule has 0 fully saturated rings. The Balaban J connectivity index is 1.81. The zero-order chi connectivity index (χ0) is 27.7. The maximum atomic E-state index is 14.0. The summed E-state index contributed by atoms with van der Waals surface area (Å²) in [6, 6.07) is 19.7. The monoisotopic (exact) mass is 546 g/mol. The van der Waals surface area contributed by atoms with Gasteiger partial charge in [0.05, 0.1) is 32.3 Å². The number of benzene rings is 3. The van der Waals surface area contributed by atoms with E-state index in [2.05, 4.69) is 4.98 Å². The Morgan fingerprint density at radius 3 is 2.41 bits per heavy atom. The molecule has 0 saturated heterocycles. The molecule has 2 heterocycles. The summed E-state index contributed by atoms with van der Waals surface area (Å²) >= 11 is 0. The Morgan fingerprint density at radius 2 is 1.72 bits per heavy atom. The molecule has 1 aliphatic heterocycles. The summed E-state index contributed by atoms with van der Waals surface area (Å²) < 4.78 is 45.9. The lowest BCUT2D eigenvalue weighted by atomic mass is 9.84. The third kappa shape index (κ3) is 4.63. The van der Waals surface area contributed by atoms with Crippen molar-refractivity contribution in [2.45, 2.75) is 24.7 Å². The summed E-state index contributed by atoms with van der Waals surface area (Å²) in [7, 11) is -0.893. The summed E-state index contributed by atoms with van der Waals surface area (Å²) in [6.45, 7) is 3.76. The molecule has 0 spiro atoms. The minimum absolute atomic E-state index is 0.0615. The van der Waals surface area contributed by atoms with Crippen molar-refractivity contribution in [3.8, 4) is 11.5 Å². The largest absolute Gasteiger partial charge is 0.493 e. The molecule has 39 heavy (non-hydrogen) atoms. The number of hydrogen-bond acceptors (Lipinski definition) is 6. The number of carbonyl (C=O) groups is 1. The van der Waals surface area contributed by atoms with Crippen LogP contribution in [0.3, 0.4) is 0 Å². The van der Waals surface area contributed by atoms with Gasteiger partial charge in [-0.3, -0.25) is 0 Å². The molecule has 0 saturated carbocycles. The van der Waals surface area contributed by atoms with Crippen LogP contribution in [0.2, 0.25) is 0 Å². The van der Waals surface area contributed by atoms with Crippen molar-refractivity contribution < 1.29 is 27.4 Å². The van der Waals surface area contributed by atoms with Crippen LogP contribution in [0.5, 0.6) is 11.5 Å². The summed E-state index contributed by atoms with van der Waals surface area (Å²) in [6.07, 6.45) is 1.65. The molecule has 9 heteroatoms. The first-order valence-electron chi connectivity index (χ1n) is 12.6. The molecule has 1 unspecified atom stereocenters. The standard InChI is InChI=1S/C30H30N2O6S/c1-5-38-30(33)23-16-17-32(39(34,35)21-13-10-19(2)11-14-21)29-28(22-8-6-7-9-24(22)31-29)27(23)20-12-15-25(36-3)26(18-20)37-4/h6-16,18,27,31H,5,17H2,1-4H3. The van der Waals surface area contributed by atoms with Crippen molar-refractivity contribution in [2.75, 3.05) is 31.7 Å². The number of nitrogens with zero attached hydrogens (tertiary/aromatic N) is 1. The van der Waals surface area contributed by atoms with Crippen molar-refractivity contribution in [1.82, 2.24) is 4.98 Å². The molecule has 8 nitrogen and oxygen atoms in total. The van der Waals surface area contributed by atoms with Crippen LogP contribution in [0.4, 0.5) is 5.82 Å². The number of aromatic amines is 1. The van der Waals surface area contributed by atoms with Crippen LogP contribution in [0, 0.1) is 6.92 Å². The van der Waals surface area contributed by atoms with Crippen LogP contribution in [0.15, 0.2) is 83.3 Å². The van der Waals surface area contributed by atoms with E-state index in [4.69, 9.17) is 14.2 Å². The molecule has 202 valence electrons. The Kier molecular flexibility index (Phi) is 7.10. The van der Waals surface area contributed by atoms with Gasteiger partial charge in [0.1, 0.15) is 5.82 Å². The van der Waals surface area contributed by atoms with Crippen LogP contribution in [-0.4, -0.2) is 46.7 Å². The Bertz CT molecular complexity index is 1670. The molecule has 1 N–H and O–H groups in total. The predicted octanol–water partition coefficient (Wildman–Crippen LogP) is 5.32. The average Bonchev–Trinajstić information content (AvgIpc) is 3.21. The zero-order valence-corrected chi connectivity index (χ0v) is 23.0. The molecular formula is C30H30N2O6S. The smallest absolute Gasteiger partial charge is 0.334 e. The lowest BCUT2D eigenvalue weighted by molar-refractivity contribution is -0.138. The third-order valence-corrected chi connectivity index (χ3v) is 8.69. The number of para-hydroxylation sites is 1. The molecule has 1 aliphatic rings. The minimum Gasteiger partial charge on any atom is -0.493 e. The van der Waals surface area contributed by atoms with Gasteiger partial charge in [-0.25, -0.2) is 17.5 Å². The number of fused-ring (bicyclic) bond motifs is 3. The molecule has 0 bridgehead atoms. The van der Waals surface area contributed by atoms with Crippen LogP contribution < -0.4 is 13.8 Å². The van der Waals surface area contributed by atoms with E-state index in [0.29, 0.717) is 28.5 Å². The van der Waals surface area contributed by atoms with Gasteiger partial charge in [0.2, 0.25) is 0 Å². The van der Waals surface area contributed by atoms with Gasteiger partial charge < -0.3 is 19.2 Å². The Hall–Kier alpha value is -4.24. The van der Waals surface area contributed by atoms with Gasteiger partial charge in [-0.15, -0.1) is 0 Å². The van der Waals surface area contributed by atoms with Crippen LogP contribution in [-0.2, 0) is 19.6 Å². The van der Waals surface area contributed by atoms with E-state index < -0.39 is 21.9 Å². The van der Waals surface area contributed by atoms with E-state index in [1.54, 1.807) is 57.6 Å². The molecule has 5 rings (SSSR count). The molecular weight excluding hydrogens is 516 g/mol.